The topological polar surface area (TPSA) is 90.9 Å². The molecule has 0 aliphatic carbocycles. The highest BCUT2D eigenvalue weighted by Gasteiger charge is 2.30. The van der Waals surface area contributed by atoms with Gasteiger partial charge in [0, 0.05) is 12.7 Å². The third-order valence-electron chi connectivity index (χ3n) is 5.27. The molecule has 1 heterocycles. The van der Waals surface area contributed by atoms with Crippen LogP contribution < -0.4 is 14.8 Å². The maximum absolute atomic E-state index is 13.1. The number of hydrogen-bond donors (Lipinski definition) is 1. The lowest BCUT2D eigenvalue weighted by Crippen LogP contribution is -2.44. The van der Waals surface area contributed by atoms with E-state index < -0.39 is 17.9 Å². The van der Waals surface area contributed by atoms with E-state index in [1.807, 2.05) is 55.5 Å². The zero-order valence-corrected chi connectivity index (χ0v) is 19.1. The molecule has 0 fully saturated rings. The molecule has 7 nitrogen and oxygen atoms in total. The molecule has 32 heavy (non-hydrogen) atoms. The second kappa shape index (κ2) is 11.0. The molecule has 1 aliphatic heterocycles. The van der Waals surface area contributed by atoms with Gasteiger partial charge in [-0.1, -0.05) is 55.1 Å². The first-order valence-electron chi connectivity index (χ1n) is 10.4. The summed E-state index contributed by atoms with van der Waals surface area (Å²) in [6.45, 7) is 5.28. The molecule has 0 saturated heterocycles. The van der Waals surface area contributed by atoms with Crippen LogP contribution in [0, 0.1) is 5.92 Å². The molecule has 0 radical (unpaired) electrons. The zero-order valence-electron chi connectivity index (χ0n) is 18.3. The van der Waals surface area contributed by atoms with Crippen molar-refractivity contribution in [3.63, 3.8) is 0 Å². The van der Waals surface area contributed by atoms with Gasteiger partial charge in [-0.05, 0) is 36.1 Å². The van der Waals surface area contributed by atoms with Gasteiger partial charge in [-0.2, -0.15) is 0 Å². The fraction of sp³-hybridized carbons (Fsp3) is 0.375. The van der Waals surface area contributed by atoms with Gasteiger partial charge in [-0.3, -0.25) is 9.59 Å². The van der Waals surface area contributed by atoms with Gasteiger partial charge >= 0.3 is 5.97 Å². The molecule has 2 aromatic carbocycles. The average molecular weight is 458 g/mol. The monoisotopic (exact) mass is 457 g/mol. The number of ether oxygens (including phenoxy) is 3. The van der Waals surface area contributed by atoms with Gasteiger partial charge in [0.1, 0.15) is 12.6 Å². The molecule has 170 valence electrons. The van der Waals surface area contributed by atoms with Gasteiger partial charge < -0.3 is 19.5 Å². The number of esters is 1. The summed E-state index contributed by atoms with van der Waals surface area (Å²) in [4.78, 5) is 37.0. The Labute approximate surface area is 191 Å². The van der Waals surface area contributed by atoms with Crippen LogP contribution in [-0.4, -0.2) is 35.6 Å². The number of hydrogen-bond acceptors (Lipinski definition) is 7. The summed E-state index contributed by atoms with van der Waals surface area (Å²) in [5.41, 5.74) is 1.75. The largest absolute Gasteiger partial charge is 0.459 e. The molecule has 0 aromatic heterocycles. The molecule has 1 amide bonds. The van der Waals surface area contributed by atoms with Crippen LogP contribution in [0.15, 0.2) is 48.5 Å². The first-order valence-corrected chi connectivity index (χ1v) is 11.4. The Balaban J connectivity index is 1.65. The van der Waals surface area contributed by atoms with Crippen molar-refractivity contribution in [2.75, 3.05) is 12.5 Å². The summed E-state index contributed by atoms with van der Waals surface area (Å²) in [5.74, 6) is 0.00435. The SMILES string of the molecule is CC(=O)SCC(C(=O)N[C@@H](C)C(=O)OCc1ccccc1)C(C)c1ccc2c(c1)OCO2. The zero-order chi connectivity index (χ0) is 23.1. The molecule has 3 rings (SSSR count). The summed E-state index contributed by atoms with van der Waals surface area (Å²) in [6.07, 6.45) is 0. The van der Waals surface area contributed by atoms with Crippen molar-refractivity contribution in [1.82, 2.24) is 5.32 Å². The van der Waals surface area contributed by atoms with Crippen molar-refractivity contribution in [2.45, 2.75) is 39.3 Å². The first kappa shape index (κ1) is 23.7. The molecule has 1 aliphatic rings. The normalized spacial score (nSPS) is 14.8. The van der Waals surface area contributed by atoms with E-state index in [1.165, 1.54) is 6.92 Å². The Kier molecular flexibility index (Phi) is 8.16. The highest BCUT2D eigenvalue weighted by Crippen LogP contribution is 2.37. The number of amides is 1. The maximum atomic E-state index is 13.1. The summed E-state index contributed by atoms with van der Waals surface area (Å²) in [7, 11) is 0. The lowest BCUT2D eigenvalue weighted by Gasteiger charge is -2.25. The van der Waals surface area contributed by atoms with E-state index in [4.69, 9.17) is 14.2 Å². The molecule has 1 N–H and O–H groups in total. The minimum atomic E-state index is -0.819. The van der Waals surface area contributed by atoms with Crippen molar-refractivity contribution in [3.8, 4) is 11.5 Å². The molecular formula is C24H27NO6S. The van der Waals surface area contributed by atoms with Gasteiger partial charge in [-0.25, -0.2) is 4.79 Å². The van der Waals surface area contributed by atoms with Crippen LogP contribution in [0.25, 0.3) is 0 Å². The van der Waals surface area contributed by atoms with Crippen LogP contribution in [0.3, 0.4) is 0 Å². The summed E-state index contributed by atoms with van der Waals surface area (Å²) < 4.78 is 16.1. The number of thioether (sulfide) groups is 1. The van der Waals surface area contributed by atoms with Crippen molar-refractivity contribution >= 4 is 28.8 Å². The van der Waals surface area contributed by atoms with Gasteiger partial charge in [0.05, 0.1) is 5.92 Å². The number of rotatable bonds is 9. The fourth-order valence-corrected chi connectivity index (χ4v) is 4.17. The number of benzene rings is 2. The van der Waals surface area contributed by atoms with Crippen molar-refractivity contribution in [3.05, 3.63) is 59.7 Å². The Bertz CT molecular complexity index is 964. The van der Waals surface area contributed by atoms with Crippen LogP contribution in [0.1, 0.15) is 37.8 Å². The van der Waals surface area contributed by atoms with E-state index in [-0.39, 0.29) is 30.3 Å². The molecule has 2 aromatic rings. The molecule has 0 spiro atoms. The molecule has 0 saturated carbocycles. The van der Waals surface area contributed by atoms with E-state index >= 15 is 0 Å². The van der Waals surface area contributed by atoms with Crippen LogP contribution in [0.5, 0.6) is 11.5 Å². The summed E-state index contributed by atoms with van der Waals surface area (Å²) in [6, 6.07) is 14.1. The van der Waals surface area contributed by atoms with E-state index in [0.29, 0.717) is 17.3 Å². The number of fused-ring (bicyclic) bond motifs is 1. The fourth-order valence-electron chi connectivity index (χ4n) is 3.32. The van der Waals surface area contributed by atoms with Gasteiger partial charge in [0.15, 0.2) is 16.6 Å². The van der Waals surface area contributed by atoms with Gasteiger partial charge in [0.2, 0.25) is 12.7 Å². The molecule has 2 unspecified atom stereocenters. The van der Waals surface area contributed by atoms with E-state index in [1.54, 1.807) is 6.92 Å². The Morgan fingerprint density at radius 2 is 1.78 bits per heavy atom. The van der Waals surface area contributed by atoms with Gasteiger partial charge in [0.25, 0.3) is 0 Å². The Morgan fingerprint density at radius 3 is 2.50 bits per heavy atom. The van der Waals surface area contributed by atoms with Crippen molar-refractivity contribution in [2.24, 2.45) is 5.92 Å². The maximum Gasteiger partial charge on any atom is 0.328 e. The summed E-state index contributed by atoms with van der Waals surface area (Å²) in [5, 5.41) is 2.68. The minimum Gasteiger partial charge on any atom is -0.459 e. The van der Waals surface area contributed by atoms with Crippen LogP contribution >= 0.6 is 11.8 Å². The summed E-state index contributed by atoms with van der Waals surface area (Å²) >= 11 is 1.09. The van der Waals surface area contributed by atoms with Crippen molar-refractivity contribution < 1.29 is 28.6 Å². The molecule has 8 heteroatoms. The van der Waals surface area contributed by atoms with Crippen LogP contribution in [0.2, 0.25) is 0 Å². The molecule has 3 atom stereocenters. The quantitative estimate of drug-likeness (QED) is 0.575. The van der Waals surface area contributed by atoms with Crippen LogP contribution in [0.4, 0.5) is 0 Å². The lowest BCUT2D eigenvalue weighted by molar-refractivity contribution is -0.149. The number of nitrogens with one attached hydrogen (secondary N) is 1. The van der Waals surface area contributed by atoms with Gasteiger partial charge in [-0.15, -0.1) is 0 Å². The average Bonchev–Trinajstić information content (AvgIpc) is 3.25. The predicted molar refractivity (Wildman–Crippen MR) is 121 cm³/mol. The standard InChI is InChI=1S/C24H27NO6S/c1-15(19-9-10-21-22(11-19)31-14-30-21)20(13-32-17(3)26)23(27)25-16(2)24(28)29-12-18-7-5-4-6-8-18/h4-11,15-16,20H,12-14H2,1-3H3,(H,25,27)/t15?,16-,20?/m0/s1. The third-order valence-corrected chi connectivity index (χ3v) is 6.20. The van der Waals surface area contributed by atoms with Crippen molar-refractivity contribution in [1.29, 1.82) is 0 Å². The first-order chi connectivity index (χ1) is 15.3. The Morgan fingerprint density at radius 1 is 1.06 bits per heavy atom. The predicted octanol–water partition coefficient (Wildman–Crippen LogP) is 3.66. The minimum absolute atomic E-state index is 0.0731. The van der Waals surface area contributed by atoms with E-state index in [9.17, 15) is 14.4 Å². The number of carbonyl (C=O) groups is 3. The molecular weight excluding hydrogens is 430 g/mol. The van der Waals surface area contributed by atoms with Crippen LogP contribution in [-0.2, 0) is 25.7 Å². The second-order valence-corrected chi connectivity index (χ2v) is 8.83. The highest BCUT2D eigenvalue weighted by atomic mass is 32.2. The number of carbonyl (C=O) groups excluding carboxylic acids is 3. The van der Waals surface area contributed by atoms with E-state index in [0.717, 1.165) is 22.9 Å². The second-order valence-electron chi connectivity index (χ2n) is 7.63. The lowest BCUT2D eigenvalue weighted by atomic mass is 9.87. The smallest absolute Gasteiger partial charge is 0.328 e. The van der Waals surface area contributed by atoms with E-state index in [2.05, 4.69) is 5.32 Å². The third kappa shape index (κ3) is 6.26. The molecule has 0 bridgehead atoms. The Hall–Kier alpha value is -3.00. The highest BCUT2D eigenvalue weighted by molar-refractivity contribution is 8.13.